The molecule has 0 aromatic carbocycles. The molecule has 1 aromatic heterocycles. The number of nitrogens with two attached hydrogens (primary N) is 1. The minimum Gasteiger partial charge on any atom is -0.396 e. The van der Waals surface area contributed by atoms with Crippen LogP contribution < -0.4 is 5.73 Å². The second-order valence-corrected chi connectivity index (χ2v) is 5.94. The van der Waals surface area contributed by atoms with E-state index < -0.39 is 0 Å². The van der Waals surface area contributed by atoms with E-state index in [9.17, 15) is 0 Å². The second kappa shape index (κ2) is 3.48. The van der Waals surface area contributed by atoms with Crippen LogP contribution in [0.4, 0.5) is 5.69 Å². The fourth-order valence-electron chi connectivity index (χ4n) is 2.78. The molecule has 2 N–H and O–H groups in total. The number of nitrogens with zero attached hydrogens (tertiary/aromatic N) is 2. The highest BCUT2D eigenvalue weighted by atomic mass is 16.5. The zero-order chi connectivity index (χ0) is 12.0. The quantitative estimate of drug-likeness (QED) is 0.795. The molecule has 0 saturated carbocycles. The van der Waals surface area contributed by atoms with Gasteiger partial charge in [0, 0.05) is 6.20 Å². The molecule has 4 nitrogen and oxygen atoms in total. The Bertz CT molecular complexity index is 365. The fourth-order valence-corrected chi connectivity index (χ4v) is 2.78. The number of ether oxygens (including phenoxy) is 1. The molecule has 2 rings (SSSR count). The van der Waals surface area contributed by atoms with Gasteiger partial charge in [0.2, 0.25) is 0 Å². The molecule has 2 heterocycles. The lowest BCUT2D eigenvalue weighted by molar-refractivity contribution is -0.170. The van der Waals surface area contributed by atoms with E-state index in [1.807, 2.05) is 10.9 Å². The minimum atomic E-state index is -0.104. The standard InChI is InChI=1S/C12H21N3O/c1-11(2)5-10(6-12(3,4)16-11)15-8-9(13)7-14-15/h7-8,10H,5-6,13H2,1-4H3. The molecule has 16 heavy (non-hydrogen) atoms. The third kappa shape index (κ3) is 2.38. The summed E-state index contributed by atoms with van der Waals surface area (Å²) in [5.74, 6) is 0. The highest BCUT2D eigenvalue weighted by Crippen LogP contribution is 2.40. The van der Waals surface area contributed by atoms with Gasteiger partial charge in [0.15, 0.2) is 0 Å². The van der Waals surface area contributed by atoms with Gasteiger partial charge >= 0.3 is 0 Å². The number of rotatable bonds is 1. The van der Waals surface area contributed by atoms with Crippen LogP contribution in [-0.2, 0) is 4.74 Å². The van der Waals surface area contributed by atoms with Crippen LogP contribution >= 0.6 is 0 Å². The van der Waals surface area contributed by atoms with Crippen LogP contribution in [0.25, 0.3) is 0 Å². The average molecular weight is 223 g/mol. The molecule has 1 aliphatic heterocycles. The molecular formula is C12H21N3O. The first-order chi connectivity index (χ1) is 7.27. The zero-order valence-electron chi connectivity index (χ0n) is 10.5. The Labute approximate surface area is 96.8 Å². The van der Waals surface area contributed by atoms with Crippen molar-refractivity contribution in [3.63, 3.8) is 0 Å². The molecule has 0 unspecified atom stereocenters. The van der Waals surface area contributed by atoms with Crippen molar-refractivity contribution in [2.45, 2.75) is 57.8 Å². The summed E-state index contributed by atoms with van der Waals surface area (Å²) in [7, 11) is 0. The Morgan fingerprint density at radius 2 is 1.88 bits per heavy atom. The van der Waals surface area contributed by atoms with Gasteiger partial charge in [0.25, 0.3) is 0 Å². The van der Waals surface area contributed by atoms with E-state index in [1.165, 1.54) is 0 Å². The van der Waals surface area contributed by atoms with Gasteiger partial charge in [0.1, 0.15) is 0 Å². The number of hydrogen-bond acceptors (Lipinski definition) is 3. The third-order valence-electron chi connectivity index (χ3n) is 3.00. The van der Waals surface area contributed by atoms with Crippen molar-refractivity contribution in [2.24, 2.45) is 0 Å². The van der Waals surface area contributed by atoms with Gasteiger partial charge in [-0.05, 0) is 40.5 Å². The Balaban J connectivity index is 2.22. The zero-order valence-corrected chi connectivity index (χ0v) is 10.5. The van der Waals surface area contributed by atoms with Crippen molar-refractivity contribution in [1.29, 1.82) is 0 Å². The summed E-state index contributed by atoms with van der Waals surface area (Å²) in [5, 5.41) is 4.31. The predicted octanol–water partition coefficient (Wildman–Crippen LogP) is 2.37. The lowest BCUT2D eigenvalue weighted by Crippen LogP contribution is -2.45. The van der Waals surface area contributed by atoms with Crippen LogP contribution in [0.2, 0.25) is 0 Å². The first kappa shape index (κ1) is 11.5. The summed E-state index contributed by atoms with van der Waals surface area (Å²) >= 11 is 0. The maximum atomic E-state index is 6.05. The van der Waals surface area contributed by atoms with Gasteiger partial charge in [-0.1, -0.05) is 0 Å². The molecule has 4 heteroatoms. The van der Waals surface area contributed by atoms with Gasteiger partial charge in [-0.3, -0.25) is 4.68 Å². The lowest BCUT2D eigenvalue weighted by Gasteiger charge is -2.45. The maximum Gasteiger partial charge on any atom is 0.0719 e. The van der Waals surface area contributed by atoms with Gasteiger partial charge in [-0.25, -0.2) is 0 Å². The van der Waals surface area contributed by atoms with Crippen LogP contribution in [-0.4, -0.2) is 21.0 Å². The van der Waals surface area contributed by atoms with Crippen LogP contribution in [0.15, 0.2) is 12.4 Å². The Morgan fingerprint density at radius 3 is 2.31 bits per heavy atom. The highest BCUT2D eigenvalue weighted by Gasteiger charge is 2.40. The SMILES string of the molecule is CC1(C)CC(n2cc(N)cn2)CC(C)(C)O1. The number of aromatic nitrogens is 2. The van der Waals surface area contributed by atoms with Crippen LogP contribution in [0.3, 0.4) is 0 Å². The summed E-state index contributed by atoms with van der Waals surface area (Å²) in [6.45, 7) is 8.53. The molecule has 0 radical (unpaired) electrons. The molecule has 0 amide bonds. The molecule has 0 spiro atoms. The van der Waals surface area contributed by atoms with E-state index in [-0.39, 0.29) is 11.2 Å². The van der Waals surface area contributed by atoms with E-state index in [0.29, 0.717) is 6.04 Å². The van der Waals surface area contributed by atoms with E-state index in [0.717, 1.165) is 18.5 Å². The summed E-state index contributed by atoms with van der Waals surface area (Å²) in [6.07, 6.45) is 5.55. The van der Waals surface area contributed by atoms with Crippen molar-refractivity contribution < 1.29 is 4.74 Å². The molecule has 90 valence electrons. The van der Waals surface area contributed by atoms with Gasteiger partial charge in [-0.2, -0.15) is 5.10 Å². The average Bonchev–Trinajstić information content (AvgIpc) is 2.45. The highest BCUT2D eigenvalue weighted by molar-refractivity contribution is 5.30. The van der Waals surface area contributed by atoms with Crippen molar-refractivity contribution >= 4 is 5.69 Å². The molecular weight excluding hydrogens is 202 g/mol. The van der Waals surface area contributed by atoms with Crippen LogP contribution in [0.1, 0.15) is 46.6 Å². The monoisotopic (exact) mass is 223 g/mol. The van der Waals surface area contributed by atoms with E-state index in [1.54, 1.807) is 6.20 Å². The van der Waals surface area contributed by atoms with Crippen molar-refractivity contribution in [2.75, 3.05) is 5.73 Å². The van der Waals surface area contributed by atoms with E-state index >= 15 is 0 Å². The Hall–Kier alpha value is -1.03. The first-order valence-corrected chi connectivity index (χ1v) is 5.77. The van der Waals surface area contributed by atoms with Crippen LogP contribution in [0, 0.1) is 0 Å². The van der Waals surface area contributed by atoms with Crippen molar-refractivity contribution in [1.82, 2.24) is 9.78 Å². The van der Waals surface area contributed by atoms with E-state index in [2.05, 4.69) is 32.8 Å². The van der Waals surface area contributed by atoms with Gasteiger partial charge < -0.3 is 10.5 Å². The Morgan fingerprint density at radius 1 is 1.31 bits per heavy atom. The summed E-state index contributed by atoms with van der Waals surface area (Å²) < 4.78 is 8.02. The summed E-state index contributed by atoms with van der Waals surface area (Å²) in [5.41, 5.74) is 6.22. The maximum absolute atomic E-state index is 6.05. The molecule has 0 aliphatic carbocycles. The third-order valence-corrected chi connectivity index (χ3v) is 3.00. The van der Waals surface area contributed by atoms with Crippen LogP contribution in [0.5, 0.6) is 0 Å². The van der Waals surface area contributed by atoms with Crippen molar-refractivity contribution in [3.8, 4) is 0 Å². The number of hydrogen-bond donors (Lipinski definition) is 1. The second-order valence-electron chi connectivity index (χ2n) is 5.94. The molecule has 0 bridgehead atoms. The van der Waals surface area contributed by atoms with Gasteiger partial charge in [-0.15, -0.1) is 0 Å². The molecule has 1 aromatic rings. The Kier molecular flexibility index (Phi) is 2.49. The topological polar surface area (TPSA) is 53.1 Å². The summed E-state index contributed by atoms with van der Waals surface area (Å²) in [6, 6.07) is 0.371. The molecule has 1 aliphatic rings. The predicted molar refractivity (Wildman–Crippen MR) is 64.2 cm³/mol. The largest absolute Gasteiger partial charge is 0.396 e. The summed E-state index contributed by atoms with van der Waals surface area (Å²) in [4.78, 5) is 0. The normalized spacial score (nSPS) is 24.5. The molecule has 1 saturated heterocycles. The van der Waals surface area contributed by atoms with Crippen molar-refractivity contribution in [3.05, 3.63) is 12.4 Å². The fraction of sp³-hybridized carbons (Fsp3) is 0.750. The minimum absolute atomic E-state index is 0.104. The number of nitrogen functional groups attached to an aromatic ring is 1. The first-order valence-electron chi connectivity index (χ1n) is 5.77. The number of anilines is 1. The smallest absolute Gasteiger partial charge is 0.0719 e. The molecule has 1 fully saturated rings. The van der Waals surface area contributed by atoms with E-state index in [4.69, 9.17) is 10.5 Å². The molecule has 0 atom stereocenters. The lowest BCUT2D eigenvalue weighted by atomic mass is 9.85. The van der Waals surface area contributed by atoms with Gasteiger partial charge in [0.05, 0.1) is 29.1 Å².